The van der Waals surface area contributed by atoms with E-state index in [1.165, 1.54) is 18.2 Å². The summed E-state index contributed by atoms with van der Waals surface area (Å²) < 4.78 is 26.5. The number of nitrogens with zero attached hydrogens (tertiary/aromatic N) is 1. The first-order valence-corrected chi connectivity index (χ1v) is 6.90. The van der Waals surface area contributed by atoms with Crippen molar-refractivity contribution in [2.75, 3.05) is 5.73 Å². The van der Waals surface area contributed by atoms with Gasteiger partial charge in [0.1, 0.15) is 4.90 Å². The van der Waals surface area contributed by atoms with Gasteiger partial charge >= 0.3 is 0 Å². The van der Waals surface area contributed by atoms with Gasteiger partial charge in [-0.2, -0.15) is 5.26 Å². The van der Waals surface area contributed by atoms with Crippen LogP contribution >= 0.6 is 0 Å². The normalized spacial score (nSPS) is 23.1. The van der Waals surface area contributed by atoms with E-state index in [0.29, 0.717) is 18.4 Å². The van der Waals surface area contributed by atoms with Crippen molar-refractivity contribution in [3.8, 4) is 6.07 Å². The lowest BCUT2D eigenvalue weighted by atomic mass is 9.91. The Bertz CT molecular complexity index is 600. The molecule has 0 radical (unpaired) electrons. The Labute approximate surface area is 105 Å². The summed E-state index contributed by atoms with van der Waals surface area (Å²) in [7, 11) is -3.69. The summed E-state index contributed by atoms with van der Waals surface area (Å²) in [5.41, 5.74) is 5.98. The Kier molecular flexibility index (Phi) is 3.26. The Morgan fingerprint density at radius 2 is 2.11 bits per heavy atom. The highest BCUT2D eigenvalue weighted by atomic mass is 32.2. The number of nitriles is 1. The van der Waals surface area contributed by atoms with Crippen LogP contribution in [0.4, 0.5) is 5.69 Å². The number of rotatable bonds is 3. The third-order valence-corrected chi connectivity index (χ3v) is 4.46. The molecule has 0 bridgehead atoms. The van der Waals surface area contributed by atoms with Crippen LogP contribution in [-0.4, -0.2) is 25.7 Å². The van der Waals surface area contributed by atoms with E-state index in [1.54, 1.807) is 0 Å². The lowest BCUT2D eigenvalue weighted by Gasteiger charge is -2.31. The monoisotopic (exact) mass is 267 g/mol. The second kappa shape index (κ2) is 4.57. The fourth-order valence-electron chi connectivity index (χ4n) is 1.83. The summed E-state index contributed by atoms with van der Waals surface area (Å²) in [5.74, 6) is 0. The van der Waals surface area contributed by atoms with Crippen LogP contribution in [0.15, 0.2) is 23.1 Å². The van der Waals surface area contributed by atoms with Gasteiger partial charge in [-0.15, -0.1) is 0 Å². The van der Waals surface area contributed by atoms with Crippen molar-refractivity contribution in [2.45, 2.75) is 29.9 Å². The van der Waals surface area contributed by atoms with E-state index in [4.69, 9.17) is 16.1 Å². The SMILES string of the molecule is N#Cc1ccc(S(=O)(=O)NC2CC(O)C2)c(N)c1. The number of hydrogen-bond donors (Lipinski definition) is 3. The number of nitrogens with one attached hydrogen (secondary N) is 1. The summed E-state index contributed by atoms with van der Waals surface area (Å²) >= 11 is 0. The molecular formula is C11H13N3O3S. The van der Waals surface area contributed by atoms with Crippen LogP contribution in [0.3, 0.4) is 0 Å². The number of nitrogens with two attached hydrogens (primary N) is 1. The van der Waals surface area contributed by atoms with Gasteiger partial charge in [0.25, 0.3) is 0 Å². The predicted molar refractivity (Wildman–Crippen MR) is 64.9 cm³/mol. The van der Waals surface area contributed by atoms with E-state index >= 15 is 0 Å². The fourth-order valence-corrected chi connectivity index (χ4v) is 3.20. The zero-order valence-corrected chi connectivity index (χ0v) is 10.3. The Morgan fingerprint density at radius 1 is 1.44 bits per heavy atom. The number of benzene rings is 1. The average Bonchev–Trinajstić information content (AvgIpc) is 2.26. The maximum absolute atomic E-state index is 12.0. The molecule has 2 rings (SSSR count). The highest BCUT2D eigenvalue weighted by molar-refractivity contribution is 7.89. The minimum atomic E-state index is -3.69. The van der Waals surface area contributed by atoms with Gasteiger partial charge in [-0.25, -0.2) is 13.1 Å². The van der Waals surface area contributed by atoms with Crippen molar-refractivity contribution in [1.29, 1.82) is 5.26 Å². The van der Waals surface area contributed by atoms with Crippen LogP contribution in [0.5, 0.6) is 0 Å². The summed E-state index contributed by atoms with van der Waals surface area (Å²) in [6.07, 6.45) is 0.390. The maximum atomic E-state index is 12.0. The van der Waals surface area contributed by atoms with Crippen LogP contribution < -0.4 is 10.5 Å². The number of sulfonamides is 1. The molecular weight excluding hydrogens is 254 g/mol. The van der Waals surface area contributed by atoms with Gasteiger partial charge in [0.05, 0.1) is 23.4 Å². The first-order valence-electron chi connectivity index (χ1n) is 5.42. The Morgan fingerprint density at radius 3 is 2.61 bits per heavy atom. The minimum absolute atomic E-state index is 0.0390. The molecule has 0 unspecified atom stereocenters. The molecule has 0 atom stereocenters. The molecule has 0 spiro atoms. The number of aliphatic hydroxyl groups is 1. The average molecular weight is 267 g/mol. The zero-order valence-electron chi connectivity index (χ0n) is 9.50. The van der Waals surface area contributed by atoms with Gasteiger partial charge in [0.2, 0.25) is 10.0 Å². The molecule has 1 aliphatic rings. The van der Waals surface area contributed by atoms with Gasteiger partial charge in [0, 0.05) is 6.04 Å². The second-order valence-corrected chi connectivity index (χ2v) is 5.99. The number of nitrogen functional groups attached to an aromatic ring is 1. The Hall–Kier alpha value is -1.62. The van der Waals surface area contributed by atoms with E-state index in [2.05, 4.69) is 4.72 Å². The van der Waals surface area contributed by atoms with E-state index in [0.717, 1.165) is 0 Å². The molecule has 6 nitrogen and oxygen atoms in total. The molecule has 0 amide bonds. The van der Waals surface area contributed by atoms with Crippen molar-refractivity contribution in [2.24, 2.45) is 0 Å². The quantitative estimate of drug-likeness (QED) is 0.663. The lowest BCUT2D eigenvalue weighted by molar-refractivity contribution is 0.0712. The highest BCUT2D eigenvalue weighted by Gasteiger charge is 2.31. The molecule has 0 aliphatic heterocycles. The molecule has 1 fully saturated rings. The molecule has 0 aromatic heterocycles. The highest BCUT2D eigenvalue weighted by Crippen LogP contribution is 2.24. The smallest absolute Gasteiger partial charge is 0.242 e. The molecule has 18 heavy (non-hydrogen) atoms. The summed E-state index contributed by atoms with van der Waals surface area (Å²) in [5, 5.41) is 17.8. The molecule has 7 heteroatoms. The topological polar surface area (TPSA) is 116 Å². The van der Waals surface area contributed by atoms with Gasteiger partial charge in [-0.3, -0.25) is 0 Å². The summed E-state index contributed by atoms with van der Waals surface area (Å²) in [4.78, 5) is -0.0390. The van der Waals surface area contributed by atoms with E-state index in [-0.39, 0.29) is 16.6 Å². The molecule has 0 saturated heterocycles. The first kappa shape index (κ1) is 12.8. The molecule has 1 aromatic rings. The number of hydrogen-bond acceptors (Lipinski definition) is 5. The molecule has 4 N–H and O–H groups in total. The number of aliphatic hydroxyl groups excluding tert-OH is 1. The van der Waals surface area contributed by atoms with Crippen molar-refractivity contribution in [1.82, 2.24) is 4.72 Å². The lowest BCUT2D eigenvalue weighted by Crippen LogP contribution is -2.46. The third kappa shape index (κ3) is 2.46. The summed E-state index contributed by atoms with van der Waals surface area (Å²) in [6, 6.07) is 5.67. The maximum Gasteiger partial charge on any atom is 0.242 e. The molecule has 1 aliphatic carbocycles. The van der Waals surface area contributed by atoms with Crippen LogP contribution in [0.25, 0.3) is 0 Å². The zero-order chi connectivity index (χ0) is 13.3. The molecule has 1 saturated carbocycles. The van der Waals surface area contributed by atoms with Gasteiger partial charge in [-0.05, 0) is 31.0 Å². The molecule has 96 valence electrons. The molecule has 0 heterocycles. The van der Waals surface area contributed by atoms with Crippen LogP contribution in [-0.2, 0) is 10.0 Å². The van der Waals surface area contributed by atoms with E-state index < -0.39 is 16.1 Å². The largest absolute Gasteiger partial charge is 0.398 e. The van der Waals surface area contributed by atoms with Crippen molar-refractivity contribution < 1.29 is 13.5 Å². The van der Waals surface area contributed by atoms with Crippen LogP contribution in [0, 0.1) is 11.3 Å². The third-order valence-electron chi connectivity index (χ3n) is 2.86. The van der Waals surface area contributed by atoms with Crippen molar-refractivity contribution >= 4 is 15.7 Å². The van der Waals surface area contributed by atoms with E-state index in [1.807, 2.05) is 6.07 Å². The fraction of sp³-hybridized carbons (Fsp3) is 0.364. The van der Waals surface area contributed by atoms with Crippen molar-refractivity contribution in [3.05, 3.63) is 23.8 Å². The number of anilines is 1. The standard InChI is InChI=1S/C11H13N3O3S/c12-6-7-1-2-11(10(13)3-7)18(16,17)14-8-4-9(15)5-8/h1-3,8-9,14-15H,4-5,13H2. The van der Waals surface area contributed by atoms with Crippen LogP contribution in [0.1, 0.15) is 18.4 Å². The molecule has 1 aromatic carbocycles. The Balaban J connectivity index is 2.22. The van der Waals surface area contributed by atoms with Crippen LogP contribution in [0.2, 0.25) is 0 Å². The first-order chi connectivity index (χ1) is 8.42. The van der Waals surface area contributed by atoms with Crippen molar-refractivity contribution in [3.63, 3.8) is 0 Å². The van der Waals surface area contributed by atoms with Gasteiger partial charge in [0.15, 0.2) is 0 Å². The minimum Gasteiger partial charge on any atom is -0.398 e. The van der Waals surface area contributed by atoms with Gasteiger partial charge < -0.3 is 10.8 Å². The second-order valence-electron chi connectivity index (χ2n) is 4.31. The predicted octanol–water partition coefficient (Wildman–Crippen LogP) is -0.0579. The van der Waals surface area contributed by atoms with E-state index in [9.17, 15) is 8.42 Å². The van der Waals surface area contributed by atoms with Gasteiger partial charge in [-0.1, -0.05) is 0 Å². The summed E-state index contributed by atoms with van der Waals surface area (Å²) in [6.45, 7) is 0.